The maximum absolute atomic E-state index is 12.2. The molecule has 0 saturated heterocycles. The predicted octanol–water partition coefficient (Wildman–Crippen LogP) is 2.88. The van der Waals surface area contributed by atoms with Crippen molar-refractivity contribution in [2.45, 2.75) is 6.54 Å². The summed E-state index contributed by atoms with van der Waals surface area (Å²) in [4.78, 5) is 20.6. The predicted molar refractivity (Wildman–Crippen MR) is 95.5 cm³/mol. The Bertz CT molecular complexity index is 914. The number of hydrogen-bond donors (Lipinski definition) is 2. The maximum Gasteiger partial charge on any atom is 0.271 e. The molecule has 1 amide bonds. The molecule has 1 aromatic heterocycles. The number of carbonyl (C=O) groups is 1. The number of fused-ring (bicyclic) bond motifs is 1. The number of carbonyl (C=O) groups excluding carboxylic acids is 1. The Morgan fingerprint density at radius 3 is 2.65 bits per heavy atom. The molecule has 0 spiro atoms. The Morgan fingerprint density at radius 1 is 1.00 bits per heavy atom. The number of anilines is 2. The third-order valence-corrected chi connectivity index (χ3v) is 3.83. The fraction of sp³-hybridized carbons (Fsp3) is 0.105. The van der Waals surface area contributed by atoms with Crippen molar-refractivity contribution in [2.75, 3.05) is 12.1 Å². The molecule has 26 heavy (non-hydrogen) atoms. The molecule has 7 heteroatoms. The van der Waals surface area contributed by atoms with Gasteiger partial charge in [0.15, 0.2) is 11.5 Å². The zero-order valence-corrected chi connectivity index (χ0v) is 13.8. The smallest absolute Gasteiger partial charge is 0.271 e. The molecule has 0 saturated carbocycles. The van der Waals surface area contributed by atoms with Crippen molar-refractivity contribution in [3.63, 3.8) is 0 Å². The van der Waals surface area contributed by atoms with Gasteiger partial charge in [-0.05, 0) is 17.7 Å². The van der Waals surface area contributed by atoms with Gasteiger partial charge in [0, 0.05) is 18.3 Å². The molecule has 130 valence electrons. The SMILES string of the molecule is O=C(NCc1ccccc1)c1cnc(Nc2ccc3c(c2)OCO3)cn1. The minimum Gasteiger partial charge on any atom is -0.454 e. The van der Waals surface area contributed by atoms with E-state index in [-0.39, 0.29) is 18.4 Å². The fourth-order valence-electron chi connectivity index (χ4n) is 2.50. The number of benzene rings is 2. The highest BCUT2D eigenvalue weighted by Crippen LogP contribution is 2.34. The largest absolute Gasteiger partial charge is 0.454 e. The Balaban J connectivity index is 1.38. The van der Waals surface area contributed by atoms with Crippen molar-refractivity contribution < 1.29 is 14.3 Å². The summed E-state index contributed by atoms with van der Waals surface area (Å²) >= 11 is 0. The van der Waals surface area contributed by atoms with E-state index in [0.717, 1.165) is 11.3 Å². The van der Waals surface area contributed by atoms with Gasteiger partial charge in [-0.25, -0.2) is 9.97 Å². The average molecular weight is 348 g/mol. The van der Waals surface area contributed by atoms with E-state index in [1.807, 2.05) is 48.5 Å². The first-order valence-electron chi connectivity index (χ1n) is 8.09. The second-order valence-electron chi connectivity index (χ2n) is 5.65. The van der Waals surface area contributed by atoms with E-state index >= 15 is 0 Å². The zero-order valence-electron chi connectivity index (χ0n) is 13.8. The summed E-state index contributed by atoms with van der Waals surface area (Å²) in [6, 6.07) is 15.2. The second kappa shape index (κ2) is 7.10. The summed E-state index contributed by atoms with van der Waals surface area (Å²) in [5.74, 6) is 1.66. The summed E-state index contributed by atoms with van der Waals surface area (Å²) in [6.07, 6.45) is 2.96. The first-order chi connectivity index (χ1) is 12.8. The van der Waals surface area contributed by atoms with Crippen molar-refractivity contribution in [1.82, 2.24) is 15.3 Å². The van der Waals surface area contributed by atoms with E-state index in [4.69, 9.17) is 9.47 Å². The third kappa shape index (κ3) is 3.56. The van der Waals surface area contributed by atoms with E-state index in [0.29, 0.717) is 23.9 Å². The molecule has 4 rings (SSSR count). The third-order valence-electron chi connectivity index (χ3n) is 3.83. The van der Waals surface area contributed by atoms with Gasteiger partial charge in [0.2, 0.25) is 6.79 Å². The molecular weight excluding hydrogens is 332 g/mol. The van der Waals surface area contributed by atoms with Crippen LogP contribution in [-0.4, -0.2) is 22.7 Å². The van der Waals surface area contributed by atoms with Crippen LogP contribution in [0.3, 0.4) is 0 Å². The van der Waals surface area contributed by atoms with Crippen molar-refractivity contribution >= 4 is 17.4 Å². The van der Waals surface area contributed by atoms with Crippen LogP contribution in [0.15, 0.2) is 60.9 Å². The van der Waals surface area contributed by atoms with Gasteiger partial charge in [0.05, 0.1) is 12.4 Å². The van der Waals surface area contributed by atoms with Gasteiger partial charge < -0.3 is 20.1 Å². The summed E-state index contributed by atoms with van der Waals surface area (Å²) < 4.78 is 10.6. The monoisotopic (exact) mass is 348 g/mol. The number of amides is 1. The lowest BCUT2D eigenvalue weighted by Crippen LogP contribution is -2.24. The normalized spacial score (nSPS) is 11.8. The van der Waals surface area contributed by atoms with Crippen molar-refractivity contribution in [1.29, 1.82) is 0 Å². The van der Waals surface area contributed by atoms with Crippen LogP contribution in [0.25, 0.3) is 0 Å². The zero-order chi connectivity index (χ0) is 17.8. The Morgan fingerprint density at radius 2 is 1.85 bits per heavy atom. The lowest BCUT2D eigenvalue weighted by Gasteiger charge is -2.07. The minimum atomic E-state index is -0.268. The maximum atomic E-state index is 12.2. The molecule has 0 bridgehead atoms. The van der Waals surface area contributed by atoms with E-state index in [1.54, 1.807) is 0 Å². The molecule has 2 aromatic carbocycles. The number of nitrogens with one attached hydrogen (secondary N) is 2. The Hall–Kier alpha value is -3.61. The van der Waals surface area contributed by atoms with Crippen LogP contribution in [0, 0.1) is 0 Å². The van der Waals surface area contributed by atoms with E-state index in [9.17, 15) is 4.79 Å². The van der Waals surface area contributed by atoms with Gasteiger partial charge >= 0.3 is 0 Å². The topological polar surface area (TPSA) is 85.4 Å². The van der Waals surface area contributed by atoms with Gasteiger partial charge in [-0.2, -0.15) is 0 Å². The first kappa shape index (κ1) is 15.9. The molecule has 0 aliphatic carbocycles. The van der Waals surface area contributed by atoms with Crippen molar-refractivity contribution in [3.05, 3.63) is 72.2 Å². The van der Waals surface area contributed by atoms with Gasteiger partial charge in [0.25, 0.3) is 5.91 Å². The standard InChI is InChI=1S/C19H16N4O3/c24-19(22-9-13-4-2-1-3-5-13)15-10-21-18(11-20-15)23-14-6-7-16-17(8-14)26-12-25-16/h1-8,10-11H,9,12H2,(H,21,23)(H,22,24). The molecule has 1 aliphatic rings. The number of nitrogens with zero attached hydrogens (tertiary/aromatic N) is 2. The van der Waals surface area contributed by atoms with Crippen molar-refractivity contribution in [2.24, 2.45) is 0 Å². The van der Waals surface area contributed by atoms with Crippen LogP contribution in [0.4, 0.5) is 11.5 Å². The van der Waals surface area contributed by atoms with Gasteiger partial charge in [-0.3, -0.25) is 4.79 Å². The number of ether oxygens (including phenoxy) is 2. The minimum absolute atomic E-state index is 0.228. The molecule has 7 nitrogen and oxygen atoms in total. The lowest BCUT2D eigenvalue weighted by atomic mass is 10.2. The quantitative estimate of drug-likeness (QED) is 0.737. The second-order valence-corrected chi connectivity index (χ2v) is 5.65. The van der Waals surface area contributed by atoms with Gasteiger partial charge in [-0.1, -0.05) is 30.3 Å². The molecule has 0 unspecified atom stereocenters. The van der Waals surface area contributed by atoms with Crippen LogP contribution < -0.4 is 20.1 Å². The number of hydrogen-bond acceptors (Lipinski definition) is 6. The van der Waals surface area contributed by atoms with Crippen LogP contribution in [0.5, 0.6) is 11.5 Å². The Kier molecular flexibility index (Phi) is 4.34. The van der Waals surface area contributed by atoms with Gasteiger partial charge in [-0.15, -0.1) is 0 Å². The summed E-state index contributed by atoms with van der Waals surface area (Å²) in [6.45, 7) is 0.671. The molecule has 0 atom stereocenters. The van der Waals surface area contributed by atoms with Gasteiger partial charge in [0.1, 0.15) is 11.5 Å². The summed E-state index contributed by atoms with van der Waals surface area (Å²) in [5.41, 5.74) is 2.08. The molecule has 2 heterocycles. The van der Waals surface area contributed by atoms with E-state index in [1.165, 1.54) is 12.4 Å². The van der Waals surface area contributed by atoms with Crippen LogP contribution in [-0.2, 0) is 6.54 Å². The number of rotatable bonds is 5. The van der Waals surface area contributed by atoms with Crippen LogP contribution in [0.2, 0.25) is 0 Å². The number of aromatic nitrogens is 2. The first-order valence-corrected chi connectivity index (χ1v) is 8.09. The summed E-state index contributed by atoms with van der Waals surface area (Å²) in [7, 11) is 0. The molecule has 0 fully saturated rings. The molecule has 3 aromatic rings. The highest BCUT2D eigenvalue weighted by molar-refractivity contribution is 5.92. The molecule has 0 radical (unpaired) electrons. The van der Waals surface area contributed by atoms with Crippen LogP contribution in [0.1, 0.15) is 16.1 Å². The average Bonchev–Trinajstić information content (AvgIpc) is 3.15. The lowest BCUT2D eigenvalue weighted by molar-refractivity contribution is 0.0945. The molecule has 1 aliphatic heterocycles. The highest BCUT2D eigenvalue weighted by Gasteiger charge is 2.13. The fourth-order valence-corrected chi connectivity index (χ4v) is 2.50. The summed E-state index contributed by atoms with van der Waals surface area (Å²) in [5, 5.41) is 5.94. The molecule has 2 N–H and O–H groups in total. The molecular formula is C19H16N4O3. The van der Waals surface area contributed by atoms with E-state index < -0.39 is 0 Å². The van der Waals surface area contributed by atoms with Crippen molar-refractivity contribution in [3.8, 4) is 11.5 Å². The Labute approximate surface area is 150 Å². The van der Waals surface area contributed by atoms with Crippen LogP contribution >= 0.6 is 0 Å². The van der Waals surface area contributed by atoms with E-state index in [2.05, 4.69) is 20.6 Å². The highest BCUT2D eigenvalue weighted by atomic mass is 16.7.